The molecule has 106 valence electrons. The van der Waals surface area contributed by atoms with Crippen molar-refractivity contribution in [1.29, 1.82) is 0 Å². The van der Waals surface area contributed by atoms with Crippen LogP contribution >= 0.6 is 0 Å². The molecule has 1 aromatic carbocycles. The number of rotatable bonds is 3. The van der Waals surface area contributed by atoms with Gasteiger partial charge in [0.1, 0.15) is 0 Å². The molecule has 1 aromatic rings. The van der Waals surface area contributed by atoms with Gasteiger partial charge in [0.2, 0.25) is 0 Å². The van der Waals surface area contributed by atoms with E-state index >= 15 is 0 Å². The summed E-state index contributed by atoms with van der Waals surface area (Å²) in [5, 5.41) is 3.29. The highest BCUT2D eigenvalue weighted by Gasteiger charge is 2.30. The van der Waals surface area contributed by atoms with E-state index in [1.165, 1.54) is 18.6 Å². The molecule has 1 N–H and O–H groups in total. The zero-order chi connectivity index (χ0) is 14.0. The van der Waals surface area contributed by atoms with Crippen LogP contribution in [-0.4, -0.2) is 7.05 Å². The highest BCUT2D eigenvalue weighted by Crippen LogP contribution is 2.39. The van der Waals surface area contributed by atoms with Crippen LogP contribution in [0, 0.1) is 29.4 Å². The minimum Gasteiger partial charge on any atom is -0.313 e. The zero-order valence-corrected chi connectivity index (χ0v) is 11.9. The SMILES string of the molecule is CNC(c1ccc(F)c(F)c1)C1CC(C)CC(C)C1. The summed E-state index contributed by atoms with van der Waals surface area (Å²) in [6.45, 7) is 4.56. The molecular weight excluding hydrogens is 244 g/mol. The van der Waals surface area contributed by atoms with E-state index in [0.717, 1.165) is 18.4 Å². The topological polar surface area (TPSA) is 12.0 Å². The maximum Gasteiger partial charge on any atom is 0.159 e. The predicted octanol–water partition coefficient (Wildman–Crippen LogP) is 4.30. The summed E-state index contributed by atoms with van der Waals surface area (Å²) in [6.07, 6.45) is 3.56. The van der Waals surface area contributed by atoms with Gasteiger partial charge in [-0.2, -0.15) is 0 Å². The summed E-state index contributed by atoms with van der Waals surface area (Å²) in [7, 11) is 1.90. The molecule has 1 aliphatic rings. The maximum absolute atomic E-state index is 13.4. The third-order valence-electron chi connectivity index (χ3n) is 4.30. The molecule has 3 unspecified atom stereocenters. The fourth-order valence-corrected chi connectivity index (χ4v) is 3.66. The normalized spacial score (nSPS) is 29.2. The summed E-state index contributed by atoms with van der Waals surface area (Å²) in [5.74, 6) is 0.372. The summed E-state index contributed by atoms with van der Waals surface area (Å²) in [5.41, 5.74) is 0.854. The minimum absolute atomic E-state index is 0.111. The van der Waals surface area contributed by atoms with Gasteiger partial charge in [0.15, 0.2) is 11.6 Å². The Bertz CT molecular complexity index is 423. The van der Waals surface area contributed by atoms with Crippen LogP contribution in [0.3, 0.4) is 0 Å². The van der Waals surface area contributed by atoms with Gasteiger partial charge < -0.3 is 5.32 Å². The number of benzene rings is 1. The van der Waals surface area contributed by atoms with Crippen LogP contribution in [0.5, 0.6) is 0 Å². The monoisotopic (exact) mass is 267 g/mol. The molecule has 2 rings (SSSR count). The lowest BCUT2D eigenvalue weighted by atomic mass is 9.72. The molecule has 0 amide bonds. The van der Waals surface area contributed by atoms with E-state index in [2.05, 4.69) is 19.2 Å². The fourth-order valence-electron chi connectivity index (χ4n) is 3.66. The van der Waals surface area contributed by atoms with Crippen molar-refractivity contribution in [2.45, 2.75) is 39.2 Å². The van der Waals surface area contributed by atoms with E-state index in [-0.39, 0.29) is 6.04 Å². The summed E-state index contributed by atoms with van der Waals surface area (Å²) in [6, 6.07) is 4.37. The smallest absolute Gasteiger partial charge is 0.159 e. The Labute approximate surface area is 114 Å². The van der Waals surface area contributed by atoms with Gasteiger partial charge in [0, 0.05) is 6.04 Å². The van der Waals surface area contributed by atoms with Crippen molar-refractivity contribution < 1.29 is 8.78 Å². The van der Waals surface area contributed by atoms with Gasteiger partial charge >= 0.3 is 0 Å². The van der Waals surface area contributed by atoms with Gasteiger partial charge in [-0.25, -0.2) is 8.78 Å². The van der Waals surface area contributed by atoms with Crippen LogP contribution < -0.4 is 5.32 Å². The average Bonchev–Trinajstić information content (AvgIpc) is 2.33. The van der Waals surface area contributed by atoms with Gasteiger partial charge in [-0.15, -0.1) is 0 Å². The molecule has 1 nitrogen and oxygen atoms in total. The Hall–Kier alpha value is -0.960. The second-order valence-electron chi connectivity index (χ2n) is 6.12. The largest absolute Gasteiger partial charge is 0.313 e. The Kier molecular flexibility index (Phi) is 4.56. The molecule has 3 atom stereocenters. The fraction of sp³-hybridized carbons (Fsp3) is 0.625. The van der Waals surface area contributed by atoms with Crippen molar-refractivity contribution >= 4 is 0 Å². The number of nitrogens with one attached hydrogen (secondary N) is 1. The highest BCUT2D eigenvalue weighted by molar-refractivity contribution is 5.22. The Morgan fingerprint density at radius 2 is 1.68 bits per heavy atom. The standard InChI is InChI=1S/C16H23F2N/c1-10-6-11(2)8-13(7-10)16(19-3)12-4-5-14(17)15(18)9-12/h4-5,9-11,13,16,19H,6-8H2,1-3H3. The Balaban J connectivity index is 2.21. The van der Waals surface area contributed by atoms with E-state index in [1.54, 1.807) is 6.07 Å². The van der Waals surface area contributed by atoms with Crippen LogP contribution in [-0.2, 0) is 0 Å². The van der Waals surface area contributed by atoms with E-state index < -0.39 is 11.6 Å². The quantitative estimate of drug-likeness (QED) is 0.861. The lowest BCUT2D eigenvalue weighted by Gasteiger charge is -2.36. The first-order valence-corrected chi connectivity index (χ1v) is 7.13. The van der Waals surface area contributed by atoms with Crippen LogP contribution in [0.15, 0.2) is 18.2 Å². The van der Waals surface area contributed by atoms with Gasteiger partial charge in [-0.3, -0.25) is 0 Å². The lowest BCUT2D eigenvalue weighted by Crippen LogP contribution is -2.31. The van der Waals surface area contributed by atoms with E-state index in [9.17, 15) is 8.78 Å². The van der Waals surface area contributed by atoms with Crippen LogP contribution in [0.25, 0.3) is 0 Å². The number of hydrogen-bond acceptors (Lipinski definition) is 1. The second kappa shape index (κ2) is 6.00. The third kappa shape index (κ3) is 3.33. The molecular formula is C16H23F2N. The first-order valence-electron chi connectivity index (χ1n) is 7.13. The Morgan fingerprint density at radius 3 is 2.21 bits per heavy atom. The van der Waals surface area contributed by atoms with Crippen molar-refractivity contribution in [2.24, 2.45) is 17.8 Å². The lowest BCUT2D eigenvalue weighted by molar-refractivity contribution is 0.180. The van der Waals surface area contributed by atoms with Gasteiger partial charge in [0.05, 0.1) is 0 Å². The first kappa shape index (κ1) is 14.4. The second-order valence-corrected chi connectivity index (χ2v) is 6.12. The number of hydrogen-bond donors (Lipinski definition) is 1. The molecule has 1 fully saturated rings. The molecule has 0 bridgehead atoms. The molecule has 0 spiro atoms. The minimum atomic E-state index is -0.774. The van der Waals surface area contributed by atoms with Gasteiger partial charge in [-0.05, 0) is 61.8 Å². The van der Waals surface area contributed by atoms with Crippen molar-refractivity contribution in [3.8, 4) is 0 Å². The molecule has 0 saturated heterocycles. The predicted molar refractivity (Wildman–Crippen MR) is 73.8 cm³/mol. The number of halogens is 2. The van der Waals surface area contributed by atoms with Gasteiger partial charge in [0.25, 0.3) is 0 Å². The van der Waals surface area contributed by atoms with E-state index in [4.69, 9.17) is 0 Å². The maximum atomic E-state index is 13.4. The molecule has 1 aliphatic carbocycles. The molecule has 1 saturated carbocycles. The van der Waals surface area contributed by atoms with Crippen molar-refractivity contribution in [3.05, 3.63) is 35.4 Å². The zero-order valence-electron chi connectivity index (χ0n) is 11.9. The molecule has 0 aliphatic heterocycles. The highest BCUT2D eigenvalue weighted by atomic mass is 19.2. The van der Waals surface area contributed by atoms with Crippen molar-refractivity contribution in [3.63, 3.8) is 0 Å². The first-order chi connectivity index (χ1) is 9.01. The molecule has 0 aromatic heterocycles. The average molecular weight is 267 g/mol. The van der Waals surface area contributed by atoms with Crippen molar-refractivity contribution in [1.82, 2.24) is 5.32 Å². The third-order valence-corrected chi connectivity index (χ3v) is 4.30. The Morgan fingerprint density at radius 1 is 1.05 bits per heavy atom. The summed E-state index contributed by atoms with van der Waals surface area (Å²) < 4.78 is 26.4. The van der Waals surface area contributed by atoms with Gasteiger partial charge in [-0.1, -0.05) is 19.9 Å². The van der Waals surface area contributed by atoms with Crippen LogP contribution in [0.2, 0.25) is 0 Å². The molecule has 3 heteroatoms. The molecule has 0 heterocycles. The van der Waals surface area contributed by atoms with Crippen LogP contribution in [0.4, 0.5) is 8.78 Å². The van der Waals surface area contributed by atoms with E-state index in [1.807, 2.05) is 7.05 Å². The van der Waals surface area contributed by atoms with E-state index in [0.29, 0.717) is 17.8 Å². The van der Waals surface area contributed by atoms with Crippen molar-refractivity contribution in [2.75, 3.05) is 7.05 Å². The molecule has 0 radical (unpaired) electrons. The summed E-state index contributed by atoms with van der Waals surface area (Å²) >= 11 is 0. The molecule has 19 heavy (non-hydrogen) atoms. The van der Waals surface area contributed by atoms with Crippen LogP contribution in [0.1, 0.15) is 44.7 Å². The summed E-state index contributed by atoms with van der Waals surface area (Å²) in [4.78, 5) is 0.